The Bertz CT molecular complexity index is 1050. The van der Waals surface area contributed by atoms with Crippen molar-refractivity contribution in [3.8, 4) is 11.3 Å². The normalized spacial score (nSPS) is 14.6. The fourth-order valence-corrected chi connectivity index (χ4v) is 3.58. The summed E-state index contributed by atoms with van der Waals surface area (Å²) in [4.78, 5) is 35.4. The highest BCUT2D eigenvalue weighted by molar-refractivity contribution is 5.87. The smallest absolute Gasteiger partial charge is 0.256 e. The van der Waals surface area contributed by atoms with Gasteiger partial charge in [0.25, 0.3) is 5.56 Å². The number of rotatable bonds is 2. The van der Waals surface area contributed by atoms with Crippen molar-refractivity contribution in [2.75, 3.05) is 31.1 Å². The first-order chi connectivity index (χ1) is 13.0. The fourth-order valence-electron chi connectivity index (χ4n) is 3.58. The molecule has 27 heavy (non-hydrogen) atoms. The Kier molecular flexibility index (Phi) is 4.39. The summed E-state index contributed by atoms with van der Waals surface area (Å²) in [5.74, 6) is 1.01. The van der Waals surface area contributed by atoms with Crippen molar-refractivity contribution in [3.63, 3.8) is 0 Å². The molecule has 138 valence electrons. The fraction of sp³-hybridized carbons (Fsp3) is 0.286. The van der Waals surface area contributed by atoms with E-state index in [0.717, 1.165) is 54.2 Å². The second kappa shape index (κ2) is 6.87. The van der Waals surface area contributed by atoms with Gasteiger partial charge in [0.15, 0.2) is 0 Å². The maximum atomic E-state index is 12.4. The Morgan fingerprint density at radius 3 is 2.52 bits per heavy atom. The molecule has 6 heteroatoms. The molecular weight excluding hydrogens is 340 g/mol. The number of H-pyrrole nitrogens is 1. The molecule has 1 aliphatic rings. The number of hydrogen-bond acceptors (Lipinski definition) is 4. The minimum atomic E-state index is -0.0874. The third-order valence-electron chi connectivity index (χ3n) is 5.21. The van der Waals surface area contributed by atoms with E-state index in [0.29, 0.717) is 5.39 Å². The quantitative estimate of drug-likeness (QED) is 0.761. The van der Waals surface area contributed by atoms with Crippen LogP contribution in [0.15, 0.2) is 47.4 Å². The molecule has 1 N–H and O–H groups in total. The molecule has 2 aromatic heterocycles. The predicted molar refractivity (Wildman–Crippen MR) is 107 cm³/mol. The number of pyridine rings is 2. The number of aromatic amines is 1. The molecule has 0 aliphatic carbocycles. The average molecular weight is 362 g/mol. The Morgan fingerprint density at radius 2 is 1.85 bits per heavy atom. The number of nitrogens with one attached hydrogen (secondary N) is 1. The highest BCUT2D eigenvalue weighted by atomic mass is 16.2. The van der Waals surface area contributed by atoms with Gasteiger partial charge < -0.3 is 14.8 Å². The van der Waals surface area contributed by atoms with Crippen LogP contribution >= 0.6 is 0 Å². The molecular formula is C21H22N4O2. The number of hydrogen-bond donors (Lipinski definition) is 1. The molecule has 4 rings (SSSR count). The molecule has 1 aliphatic heterocycles. The van der Waals surface area contributed by atoms with E-state index in [1.807, 2.05) is 48.2 Å². The number of aryl methyl sites for hydroxylation is 1. The zero-order valence-corrected chi connectivity index (χ0v) is 15.5. The number of anilines is 1. The van der Waals surface area contributed by atoms with Crippen molar-refractivity contribution >= 4 is 22.5 Å². The number of aromatic nitrogens is 2. The summed E-state index contributed by atoms with van der Waals surface area (Å²) in [6.07, 6.45) is 1.79. The van der Waals surface area contributed by atoms with Gasteiger partial charge in [-0.3, -0.25) is 9.59 Å². The number of piperazine rings is 1. The molecule has 3 aromatic rings. The predicted octanol–water partition coefficient (Wildman–Crippen LogP) is 2.57. The van der Waals surface area contributed by atoms with E-state index in [2.05, 4.69) is 14.9 Å². The lowest BCUT2D eigenvalue weighted by atomic mass is 10.0. The van der Waals surface area contributed by atoms with Crippen LogP contribution in [0.1, 0.15) is 12.5 Å². The van der Waals surface area contributed by atoms with E-state index in [1.165, 1.54) is 0 Å². The molecule has 3 heterocycles. The van der Waals surface area contributed by atoms with Crippen LogP contribution < -0.4 is 10.5 Å². The van der Waals surface area contributed by atoms with Gasteiger partial charge in [0.1, 0.15) is 5.82 Å². The summed E-state index contributed by atoms with van der Waals surface area (Å²) in [5.41, 5.74) is 2.63. The maximum Gasteiger partial charge on any atom is 0.256 e. The van der Waals surface area contributed by atoms with Crippen LogP contribution in [0.4, 0.5) is 5.82 Å². The van der Waals surface area contributed by atoms with Crippen LogP contribution in [-0.2, 0) is 4.79 Å². The monoisotopic (exact) mass is 362 g/mol. The molecule has 0 saturated carbocycles. The van der Waals surface area contributed by atoms with Gasteiger partial charge in [0.2, 0.25) is 5.91 Å². The van der Waals surface area contributed by atoms with E-state index >= 15 is 0 Å². The van der Waals surface area contributed by atoms with Gasteiger partial charge in [-0.1, -0.05) is 12.1 Å². The molecule has 1 amide bonds. The summed E-state index contributed by atoms with van der Waals surface area (Å²) in [6, 6.07) is 11.7. The lowest BCUT2D eigenvalue weighted by Crippen LogP contribution is -2.48. The SMILES string of the molecule is CC(=O)N1CCN(c2ccc(-c3cc4c(C)cccc4c(=O)[nH]3)cn2)CC1. The Balaban J connectivity index is 1.60. The third-order valence-corrected chi connectivity index (χ3v) is 5.21. The number of benzene rings is 1. The van der Waals surface area contributed by atoms with Gasteiger partial charge in [0.05, 0.1) is 5.69 Å². The number of nitrogens with zero attached hydrogens (tertiary/aromatic N) is 3. The van der Waals surface area contributed by atoms with Gasteiger partial charge >= 0.3 is 0 Å². The lowest BCUT2D eigenvalue weighted by molar-refractivity contribution is -0.129. The molecule has 6 nitrogen and oxygen atoms in total. The molecule has 0 bridgehead atoms. The van der Waals surface area contributed by atoms with E-state index in [9.17, 15) is 9.59 Å². The van der Waals surface area contributed by atoms with Crippen molar-refractivity contribution in [2.24, 2.45) is 0 Å². The zero-order chi connectivity index (χ0) is 19.0. The van der Waals surface area contributed by atoms with Crippen LogP contribution in [0.2, 0.25) is 0 Å². The lowest BCUT2D eigenvalue weighted by Gasteiger charge is -2.34. The second-order valence-electron chi connectivity index (χ2n) is 6.95. The first-order valence-electron chi connectivity index (χ1n) is 9.12. The Hall–Kier alpha value is -3.15. The molecule has 0 atom stereocenters. The van der Waals surface area contributed by atoms with Crippen molar-refractivity contribution in [3.05, 3.63) is 58.5 Å². The summed E-state index contributed by atoms with van der Waals surface area (Å²) >= 11 is 0. The van der Waals surface area contributed by atoms with Gasteiger partial charge in [-0.15, -0.1) is 0 Å². The maximum absolute atomic E-state index is 12.4. The summed E-state index contributed by atoms with van der Waals surface area (Å²) in [7, 11) is 0. The molecule has 1 fully saturated rings. The van der Waals surface area contributed by atoms with Gasteiger partial charge in [-0.05, 0) is 42.1 Å². The standard InChI is InChI=1S/C21H22N4O2/c1-14-4-3-5-17-18(14)12-19(23-21(17)27)16-6-7-20(22-13-16)25-10-8-24(9-11-25)15(2)26/h3-7,12-13H,8-11H2,1-2H3,(H,23,27). The van der Waals surface area contributed by atoms with Gasteiger partial charge in [0, 0.05) is 50.2 Å². The van der Waals surface area contributed by atoms with Crippen LogP contribution in [0, 0.1) is 6.92 Å². The van der Waals surface area contributed by atoms with Crippen molar-refractivity contribution < 1.29 is 4.79 Å². The molecule has 1 saturated heterocycles. The van der Waals surface area contributed by atoms with Crippen LogP contribution in [0.3, 0.4) is 0 Å². The molecule has 0 spiro atoms. The first kappa shape index (κ1) is 17.3. The second-order valence-corrected chi connectivity index (χ2v) is 6.95. The average Bonchev–Trinajstić information content (AvgIpc) is 2.69. The summed E-state index contributed by atoms with van der Waals surface area (Å²) in [6.45, 7) is 6.60. The van der Waals surface area contributed by atoms with E-state index in [-0.39, 0.29) is 11.5 Å². The summed E-state index contributed by atoms with van der Waals surface area (Å²) in [5, 5.41) is 1.66. The Labute approximate surface area is 157 Å². The van der Waals surface area contributed by atoms with E-state index < -0.39 is 0 Å². The third kappa shape index (κ3) is 3.30. The Morgan fingerprint density at radius 1 is 1.07 bits per heavy atom. The van der Waals surface area contributed by atoms with Gasteiger partial charge in [-0.2, -0.15) is 0 Å². The number of carbonyl (C=O) groups excluding carboxylic acids is 1. The molecule has 0 unspecified atom stereocenters. The van der Waals surface area contributed by atoms with Gasteiger partial charge in [-0.25, -0.2) is 4.98 Å². The number of amides is 1. The highest BCUT2D eigenvalue weighted by Crippen LogP contribution is 2.23. The molecule has 1 aromatic carbocycles. The number of carbonyl (C=O) groups is 1. The number of fused-ring (bicyclic) bond motifs is 1. The zero-order valence-electron chi connectivity index (χ0n) is 15.5. The van der Waals surface area contributed by atoms with Crippen LogP contribution in [0.25, 0.3) is 22.0 Å². The van der Waals surface area contributed by atoms with Crippen molar-refractivity contribution in [1.29, 1.82) is 0 Å². The van der Waals surface area contributed by atoms with E-state index in [4.69, 9.17) is 0 Å². The first-order valence-corrected chi connectivity index (χ1v) is 9.12. The summed E-state index contributed by atoms with van der Waals surface area (Å²) < 4.78 is 0. The van der Waals surface area contributed by atoms with E-state index in [1.54, 1.807) is 13.1 Å². The van der Waals surface area contributed by atoms with Crippen LogP contribution in [0.5, 0.6) is 0 Å². The van der Waals surface area contributed by atoms with Crippen molar-refractivity contribution in [1.82, 2.24) is 14.9 Å². The molecule has 0 radical (unpaired) electrons. The van der Waals surface area contributed by atoms with Crippen molar-refractivity contribution in [2.45, 2.75) is 13.8 Å². The minimum Gasteiger partial charge on any atom is -0.353 e. The topological polar surface area (TPSA) is 69.3 Å². The largest absolute Gasteiger partial charge is 0.353 e. The minimum absolute atomic E-state index is 0.0874. The van der Waals surface area contributed by atoms with Crippen LogP contribution in [-0.4, -0.2) is 47.0 Å². The highest BCUT2D eigenvalue weighted by Gasteiger charge is 2.19.